The second-order valence-corrected chi connectivity index (χ2v) is 10.5. The standard InChI is InChI=1S/C29H32F2N4O7/c1-40-26(36)20-5-3-4-6-23(20)33-13-10-19(11-14-33)34-12-9-18(16-34)32-28(38)35-24(17-7-8-21(30)22(31)15-17)25(27(37)41-2)42-29(35)39/h3-8,15,18-19,24-25H,9-14,16H2,1-2H3,(H,32,38). The fourth-order valence-corrected chi connectivity index (χ4v) is 5.99. The fraction of sp³-hybridized carbons (Fsp3) is 0.448. The summed E-state index contributed by atoms with van der Waals surface area (Å²) < 4.78 is 42.4. The summed E-state index contributed by atoms with van der Waals surface area (Å²) in [6.07, 6.45) is -0.280. The molecule has 2 aromatic carbocycles. The minimum Gasteiger partial charge on any atom is -0.466 e. The first-order chi connectivity index (χ1) is 20.2. The molecule has 0 aliphatic carbocycles. The Morgan fingerprint density at radius 1 is 0.952 bits per heavy atom. The Balaban J connectivity index is 1.22. The number of cyclic esters (lactones) is 1. The van der Waals surface area contributed by atoms with Crippen LogP contribution in [0.3, 0.4) is 0 Å². The molecule has 13 heteroatoms. The molecular weight excluding hydrogens is 554 g/mol. The number of nitrogens with zero attached hydrogens (tertiary/aromatic N) is 3. The first-order valence-corrected chi connectivity index (χ1v) is 13.7. The number of likely N-dealkylation sites (tertiary alicyclic amines) is 1. The van der Waals surface area contributed by atoms with Crippen LogP contribution < -0.4 is 10.2 Å². The van der Waals surface area contributed by atoms with Gasteiger partial charge in [0.15, 0.2) is 11.6 Å². The van der Waals surface area contributed by atoms with E-state index in [2.05, 4.69) is 15.1 Å². The zero-order chi connectivity index (χ0) is 30.0. The number of esters is 2. The summed E-state index contributed by atoms with van der Waals surface area (Å²) in [5.74, 6) is -3.61. The van der Waals surface area contributed by atoms with E-state index in [0.717, 1.165) is 57.4 Å². The normalized spacial score (nSPS) is 23.0. The van der Waals surface area contributed by atoms with Gasteiger partial charge in [0, 0.05) is 38.3 Å². The number of halogens is 2. The Morgan fingerprint density at radius 3 is 2.38 bits per heavy atom. The SMILES string of the molecule is COC(=O)c1ccccc1N1CCC(N2CCC(NC(=O)N3C(=O)OC(C(=O)OC)C3c3ccc(F)c(F)c3)C2)CC1. The van der Waals surface area contributed by atoms with Gasteiger partial charge in [0.1, 0.15) is 6.04 Å². The number of amides is 3. The van der Waals surface area contributed by atoms with E-state index >= 15 is 0 Å². The van der Waals surface area contributed by atoms with Crippen molar-refractivity contribution in [2.45, 2.75) is 43.5 Å². The summed E-state index contributed by atoms with van der Waals surface area (Å²) in [5, 5.41) is 2.85. The highest BCUT2D eigenvalue weighted by Gasteiger charge is 2.51. The van der Waals surface area contributed by atoms with Crippen molar-refractivity contribution in [2.24, 2.45) is 0 Å². The predicted octanol–water partition coefficient (Wildman–Crippen LogP) is 3.24. The van der Waals surface area contributed by atoms with E-state index in [0.29, 0.717) is 23.4 Å². The molecule has 3 fully saturated rings. The lowest BCUT2D eigenvalue weighted by molar-refractivity contribution is -0.150. The summed E-state index contributed by atoms with van der Waals surface area (Å²) in [6.45, 7) is 2.78. The van der Waals surface area contributed by atoms with Crippen molar-refractivity contribution in [3.63, 3.8) is 0 Å². The lowest BCUT2D eigenvalue weighted by atomic mass is 10.0. The molecule has 3 unspecified atom stereocenters. The van der Waals surface area contributed by atoms with E-state index in [4.69, 9.17) is 14.2 Å². The molecular formula is C29H32F2N4O7. The third kappa shape index (κ3) is 5.73. The van der Waals surface area contributed by atoms with Crippen LogP contribution in [-0.4, -0.2) is 92.4 Å². The van der Waals surface area contributed by atoms with Gasteiger partial charge in [-0.1, -0.05) is 18.2 Å². The molecule has 0 aromatic heterocycles. The van der Waals surface area contributed by atoms with Gasteiger partial charge < -0.3 is 24.4 Å². The molecule has 0 spiro atoms. The first-order valence-electron chi connectivity index (χ1n) is 13.7. The van der Waals surface area contributed by atoms with Gasteiger partial charge in [0.05, 0.1) is 25.5 Å². The number of imide groups is 1. The van der Waals surface area contributed by atoms with Crippen molar-refractivity contribution in [3.05, 3.63) is 65.2 Å². The largest absolute Gasteiger partial charge is 0.466 e. The molecule has 224 valence electrons. The Bertz CT molecular complexity index is 1370. The van der Waals surface area contributed by atoms with Gasteiger partial charge in [0.25, 0.3) is 0 Å². The number of carbonyl (C=O) groups is 4. The van der Waals surface area contributed by atoms with Crippen molar-refractivity contribution in [1.82, 2.24) is 15.1 Å². The molecule has 0 bridgehead atoms. The molecule has 2 aromatic rings. The molecule has 3 amide bonds. The molecule has 11 nitrogen and oxygen atoms in total. The van der Waals surface area contributed by atoms with Gasteiger partial charge in [-0.15, -0.1) is 0 Å². The lowest BCUT2D eigenvalue weighted by Gasteiger charge is -2.38. The molecule has 3 aliphatic rings. The number of hydrogen-bond acceptors (Lipinski definition) is 9. The predicted molar refractivity (Wildman–Crippen MR) is 145 cm³/mol. The highest BCUT2D eigenvalue weighted by Crippen LogP contribution is 2.35. The van der Waals surface area contributed by atoms with E-state index in [1.165, 1.54) is 13.2 Å². The van der Waals surface area contributed by atoms with E-state index in [1.54, 1.807) is 12.1 Å². The monoisotopic (exact) mass is 586 g/mol. The molecule has 3 atom stereocenters. The van der Waals surface area contributed by atoms with E-state index in [9.17, 15) is 28.0 Å². The van der Waals surface area contributed by atoms with E-state index < -0.39 is 41.9 Å². The summed E-state index contributed by atoms with van der Waals surface area (Å²) in [7, 11) is 2.46. The number of nitrogens with one attached hydrogen (secondary N) is 1. The summed E-state index contributed by atoms with van der Waals surface area (Å²) in [6, 6.07) is 8.07. The summed E-state index contributed by atoms with van der Waals surface area (Å²) in [5.41, 5.74) is 1.38. The van der Waals surface area contributed by atoms with Gasteiger partial charge in [-0.2, -0.15) is 0 Å². The van der Waals surface area contributed by atoms with Crippen molar-refractivity contribution < 1.29 is 42.2 Å². The van der Waals surface area contributed by atoms with Crippen molar-refractivity contribution in [1.29, 1.82) is 0 Å². The lowest BCUT2D eigenvalue weighted by Crippen LogP contribution is -2.49. The Hall–Kier alpha value is -4.26. The van der Waals surface area contributed by atoms with Gasteiger partial charge in [-0.25, -0.2) is 32.9 Å². The number of para-hydroxylation sites is 1. The van der Waals surface area contributed by atoms with Gasteiger partial charge >= 0.3 is 24.1 Å². The molecule has 42 heavy (non-hydrogen) atoms. The van der Waals surface area contributed by atoms with Crippen LogP contribution in [0.1, 0.15) is 41.2 Å². The van der Waals surface area contributed by atoms with Gasteiger partial charge in [0.2, 0.25) is 6.10 Å². The second kappa shape index (κ2) is 12.3. The topological polar surface area (TPSA) is 118 Å². The number of anilines is 1. The van der Waals surface area contributed by atoms with Crippen LogP contribution in [0.5, 0.6) is 0 Å². The first kappa shape index (κ1) is 29.2. The quantitative estimate of drug-likeness (QED) is 0.402. The van der Waals surface area contributed by atoms with Crippen LogP contribution in [-0.2, 0) is 19.0 Å². The minimum atomic E-state index is -1.53. The van der Waals surface area contributed by atoms with Crippen LogP contribution in [0.2, 0.25) is 0 Å². The molecule has 3 aliphatic heterocycles. The zero-order valence-corrected chi connectivity index (χ0v) is 23.3. The Labute approximate surface area is 241 Å². The smallest absolute Gasteiger partial charge is 0.419 e. The minimum absolute atomic E-state index is 0.0129. The van der Waals surface area contributed by atoms with Crippen molar-refractivity contribution in [2.75, 3.05) is 45.3 Å². The third-order valence-corrected chi connectivity index (χ3v) is 8.11. The molecule has 0 radical (unpaired) electrons. The number of carbonyl (C=O) groups excluding carboxylic acids is 4. The number of benzene rings is 2. The highest BCUT2D eigenvalue weighted by molar-refractivity contribution is 5.96. The molecule has 3 heterocycles. The maximum atomic E-state index is 14.0. The summed E-state index contributed by atoms with van der Waals surface area (Å²) >= 11 is 0. The van der Waals surface area contributed by atoms with Crippen LogP contribution in [0.25, 0.3) is 0 Å². The van der Waals surface area contributed by atoms with Crippen molar-refractivity contribution >= 4 is 29.8 Å². The number of methoxy groups -OCH3 is 2. The van der Waals surface area contributed by atoms with Crippen LogP contribution in [0.4, 0.5) is 24.1 Å². The van der Waals surface area contributed by atoms with E-state index in [-0.39, 0.29) is 23.6 Å². The number of piperidine rings is 1. The van der Waals surface area contributed by atoms with Gasteiger partial charge in [-0.3, -0.25) is 4.90 Å². The number of hydrogen-bond donors (Lipinski definition) is 1. The van der Waals surface area contributed by atoms with Crippen LogP contribution >= 0.6 is 0 Å². The number of rotatable bonds is 6. The van der Waals surface area contributed by atoms with Gasteiger partial charge in [-0.05, 0) is 49.1 Å². The number of urea groups is 1. The fourth-order valence-electron chi connectivity index (χ4n) is 5.99. The number of ether oxygens (including phenoxy) is 3. The molecule has 0 saturated carbocycles. The van der Waals surface area contributed by atoms with Crippen LogP contribution in [0, 0.1) is 11.6 Å². The zero-order valence-electron chi connectivity index (χ0n) is 23.3. The molecule has 1 N–H and O–H groups in total. The highest BCUT2D eigenvalue weighted by atomic mass is 19.2. The Morgan fingerprint density at radius 2 is 1.69 bits per heavy atom. The second-order valence-electron chi connectivity index (χ2n) is 10.5. The maximum absolute atomic E-state index is 14.0. The summed E-state index contributed by atoms with van der Waals surface area (Å²) in [4.78, 5) is 55.8. The molecule has 5 rings (SSSR count). The molecule has 3 saturated heterocycles. The Kier molecular flexibility index (Phi) is 8.57. The average Bonchev–Trinajstić information content (AvgIpc) is 3.62. The van der Waals surface area contributed by atoms with Crippen molar-refractivity contribution in [3.8, 4) is 0 Å². The van der Waals surface area contributed by atoms with Crippen LogP contribution in [0.15, 0.2) is 42.5 Å². The third-order valence-electron chi connectivity index (χ3n) is 8.11. The average molecular weight is 587 g/mol. The maximum Gasteiger partial charge on any atom is 0.419 e. The van der Waals surface area contributed by atoms with E-state index in [1.807, 2.05) is 12.1 Å².